The van der Waals surface area contributed by atoms with E-state index in [0.29, 0.717) is 13.1 Å². The van der Waals surface area contributed by atoms with Gasteiger partial charge >= 0.3 is 0 Å². The van der Waals surface area contributed by atoms with Crippen LogP contribution in [0.5, 0.6) is 0 Å². The Morgan fingerprint density at radius 2 is 2.04 bits per heavy atom. The molecule has 1 saturated carbocycles. The molecule has 3 rings (SSSR count). The molecule has 0 aromatic carbocycles. The number of rotatable bonds is 5. The largest absolute Gasteiger partial charge is 0.351 e. The number of amides is 1. The fraction of sp³-hybridized carbons (Fsp3) is 0.647. The molecule has 1 aliphatic carbocycles. The second kappa shape index (κ2) is 7.19. The van der Waals surface area contributed by atoms with E-state index < -0.39 is 10.0 Å². The van der Waals surface area contributed by atoms with Crippen LogP contribution in [0, 0.1) is 0 Å². The second-order valence-electron chi connectivity index (χ2n) is 6.71. The third kappa shape index (κ3) is 3.62. The van der Waals surface area contributed by atoms with E-state index in [1.54, 1.807) is 10.5 Å². The molecule has 1 atom stereocenters. The fourth-order valence-corrected chi connectivity index (χ4v) is 6.05. The van der Waals surface area contributed by atoms with Crippen LogP contribution in [0.4, 0.5) is 0 Å². The zero-order valence-corrected chi connectivity index (χ0v) is 14.9. The maximum atomic E-state index is 13.0. The second-order valence-corrected chi connectivity index (χ2v) is 8.88. The van der Waals surface area contributed by atoms with Crippen LogP contribution in [-0.2, 0) is 21.4 Å². The van der Waals surface area contributed by atoms with E-state index in [1.165, 1.54) is 6.92 Å². The highest BCUT2D eigenvalue weighted by Crippen LogP contribution is 2.38. The van der Waals surface area contributed by atoms with E-state index >= 15 is 0 Å². The lowest BCUT2D eigenvalue weighted by molar-refractivity contribution is -0.119. The molecule has 0 spiro atoms. The molecule has 2 aliphatic rings. The van der Waals surface area contributed by atoms with Crippen LogP contribution in [0.2, 0.25) is 0 Å². The SMILES string of the molecule is CC(=O)NCc1cc(C2CCCN2S(=O)(=O)C2CCCC2)ccn1. The summed E-state index contributed by atoms with van der Waals surface area (Å²) in [5, 5.41) is 2.52. The van der Waals surface area contributed by atoms with Crippen molar-refractivity contribution in [3.63, 3.8) is 0 Å². The Kier molecular flexibility index (Phi) is 5.20. The van der Waals surface area contributed by atoms with Crippen LogP contribution >= 0.6 is 0 Å². The normalized spacial score (nSPS) is 22.8. The molecule has 24 heavy (non-hydrogen) atoms. The van der Waals surface area contributed by atoms with Crippen LogP contribution in [-0.4, -0.2) is 35.4 Å². The topological polar surface area (TPSA) is 79.4 Å². The van der Waals surface area contributed by atoms with Crippen LogP contribution in [0.25, 0.3) is 0 Å². The molecular weight excluding hydrogens is 326 g/mol. The molecule has 1 saturated heterocycles. The molecule has 1 aromatic heterocycles. The Hall–Kier alpha value is -1.47. The predicted molar refractivity (Wildman–Crippen MR) is 91.6 cm³/mol. The number of sulfonamides is 1. The van der Waals surface area contributed by atoms with E-state index in [1.807, 2.05) is 12.1 Å². The molecule has 2 heterocycles. The monoisotopic (exact) mass is 351 g/mol. The van der Waals surface area contributed by atoms with Crippen molar-refractivity contribution < 1.29 is 13.2 Å². The van der Waals surface area contributed by atoms with Crippen molar-refractivity contribution in [3.8, 4) is 0 Å². The van der Waals surface area contributed by atoms with Gasteiger partial charge in [-0.05, 0) is 43.4 Å². The van der Waals surface area contributed by atoms with Crippen molar-refractivity contribution in [2.24, 2.45) is 0 Å². The van der Waals surface area contributed by atoms with E-state index in [2.05, 4.69) is 10.3 Å². The molecule has 7 heteroatoms. The molecule has 1 aliphatic heterocycles. The first-order valence-electron chi connectivity index (χ1n) is 8.68. The van der Waals surface area contributed by atoms with Crippen molar-refractivity contribution in [2.45, 2.75) is 63.3 Å². The fourth-order valence-electron chi connectivity index (χ4n) is 3.77. The highest BCUT2D eigenvalue weighted by Gasteiger charge is 2.40. The lowest BCUT2D eigenvalue weighted by Gasteiger charge is -2.27. The number of hydrogen-bond acceptors (Lipinski definition) is 4. The molecule has 6 nitrogen and oxygen atoms in total. The number of aromatic nitrogens is 1. The van der Waals surface area contributed by atoms with Gasteiger partial charge in [-0.15, -0.1) is 0 Å². The number of nitrogens with zero attached hydrogens (tertiary/aromatic N) is 2. The molecular formula is C17H25N3O3S. The minimum atomic E-state index is -3.23. The van der Waals surface area contributed by atoms with Crippen LogP contribution in [0.1, 0.15) is 62.7 Å². The van der Waals surface area contributed by atoms with Gasteiger partial charge in [0, 0.05) is 25.7 Å². The third-order valence-electron chi connectivity index (χ3n) is 5.00. The summed E-state index contributed by atoms with van der Waals surface area (Å²) in [6.07, 6.45) is 7.03. The molecule has 0 radical (unpaired) electrons. The van der Waals surface area contributed by atoms with Gasteiger partial charge in [0.2, 0.25) is 15.9 Å². The van der Waals surface area contributed by atoms with E-state index in [-0.39, 0.29) is 17.2 Å². The Labute approximate surface area is 143 Å². The quantitative estimate of drug-likeness (QED) is 0.881. The molecule has 132 valence electrons. The van der Waals surface area contributed by atoms with Crippen molar-refractivity contribution in [1.82, 2.24) is 14.6 Å². The number of nitrogens with one attached hydrogen (secondary N) is 1. The average Bonchev–Trinajstić information content (AvgIpc) is 3.24. The zero-order chi connectivity index (χ0) is 17.2. The summed E-state index contributed by atoms with van der Waals surface area (Å²) in [6, 6.07) is 3.71. The molecule has 1 aromatic rings. The first kappa shape index (κ1) is 17.4. The minimum absolute atomic E-state index is 0.102. The first-order chi connectivity index (χ1) is 11.5. The molecule has 0 bridgehead atoms. The molecule has 1 amide bonds. The van der Waals surface area contributed by atoms with Crippen molar-refractivity contribution in [1.29, 1.82) is 0 Å². The Bertz CT molecular complexity index is 699. The van der Waals surface area contributed by atoms with Gasteiger partial charge < -0.3 is 5.32 Å². The maximum Gasteiger partial charge on any atom is 0.217 e. The van der Waals surface area contributed by atoms with Crippen molar-refractivity contribution >= 4 is 15.9 Å². The smallest absolute Gasteiger partial charge is 0.217 e. The van der Waals surface area contributed by atoms with Crippen LogP contribution in [0.3, 0.4) is 0 Å². The maximum absolute atomic E-state index is 13.0. The van der Waals surface area contributed by atoms with Crippen LogP contribution < -0.4 is 5.32 Å². The first-order valence-corrected chi connectivity index (χ1v) is 10.2. The van der Waals surface area contributed by atoms with E-state index in [4.69, 9.17) is 0 Å². The van der Waals surface area contributed by atoms with Gasteiger partial charge in [0.25, 0.3) is 0 Å². The highest BCUT2D eigenvalue weighted by molar-refractivity contribution is 7.89. The van der Waals surface area contributed by atoms with Gasteiger partial charge in [0.15, 0.2) is 0 Å². The van der Waals surface area contributed by atoms with E-state index in [9.17, 15) is 13.2 Å². The number of carbonyl (C=O) groups excluding carboxylic acids is 1. The zero-order valence-electron chi connectivity index (χ0n) is 14.1. The standard InChI is InChI=1S/C17H25N3O3S/c1-13(21)19-12-15-11-14(8-9-18-15)17-7-4-10-20(17)24(22,23)16-5-2-3-6-16/h8-9,11,16-17H,2-7,10,12H2,1H3,(H,19,21). The van der Waals surface area contributed by atoms with Gasteiger partial charge in [-0.25, -0.2) is 8.42 Å². The summed E-state index contributed by atoms with van der Waals surface area (Å²) in [5.74, 6) is -0.103. The van der Waals surface area contributed by atoms with Gasteiger partial charge in [0.05, 0.1) is 17.5 Å². The van der Waals surface area contributed by atoms with E-state index in [0.717, 1.165) is 49.8 Å². The predicted octanol–water partition coefficient (Wildman–Crippen LogP) is 2.13. The third-order valence-corrected chi connectivity index (χ3v) is 7.40. The highest BCUT2D eigenvalue weighted by atomic mass is 32.2. The molecule has 2 fully saturated rings. The summed E-state index contributed by atoms with van der Waals surface area (Å²) in [7, 11) is -3.23. The molecule has 1 N–H and O–H groups in total. The summed E-state index contributed by atoms with van der Waals surface area (Å²) in [4.78, 5) is 15.3. The van der Waals surface area contributed by atoms with Gasteiger partial charge in [-0.1, -0.05) is 12.8 Å². The Balaban J connectivity index is 1.80. The van der Waals surface area contributed by atoms with Crippen molar-refractivity contribution in [2.75, 3.05) is 6.54 Å². The van der Waals surface area contributed by atoms with Crippen LogP contribution in [0.15, 0.2) is 18.3 Å². The Morgan fingerprint density at radius 1 is 1.29 bits per heavy atom. The molecule has 1 unspecified atom stereocenters. The average molecular weight is 351 g/mol. The summed E-state index contributed by atoms with van der Waals surface area (Å²) < 4.78 is 27.7. The lowest BCUT2D eigenvalue weighted by atomic mass is 10.1. The van der Waals surface area contributed by atoms with Gasteiger partial charge in [-0.3, -0.25) is 9.78 Å². The van der Waals surface area contributed by atoms with Gasteiger partial charge in [0.1, 0.15) is 0 Å². The number of hydrogen-bond donors (Lipinski definition) is 1. The number of pyridine rings is 1. The summed E-state index contributed by atoms with van der Waals surface area (Å²) in [6.45, 7) is 2.44. The lowest BCUT2D eigenvalue weighted by Crippen LogP contribution is -2.37. The summed E-state index contributed by atoms with van der Waals surface area (Å²) in [5.41, 5.74) is 1.73. The van der Waals surface area contributed by atoms with Gasteiger partial charge in [-0.2, -0.15) is 4.31 Å². The van der Waals surface area contributed by atoms with Crippen molar-refractivity contribution in [3.05, 3.63) is 29.6 Å². The Morgan fingerprint density at radius 3 is 2.75 bits per heavy atom. The summed E-state index contributed by atoms with van der Waals surface area (Å²) >= 11 is 0. The minimum Gasteiger partial charge on any atom is -0.351 e. The number of carbonyl (C=O) groups is 1.